The topological polar surface area (TPSA) is 53.7 Å². The van der Waals surface area contributed by atoms with Crippen molar-refractivity contribution in [2.45, 2.75) is 6.92 Å². The van der Waals surface area contributed by atoms with E-state index in [-0.39, 0.29) is 0 Å². The molecule has 2 N–H and O–H groups in total. The van der Waals surface area contributed by atoms with Crippen LogP contribution in [0, 0.1) is 6.92 Å². The van der Waals surface area contributed by atoms with Crippen LogP contribution in [0.3, 0.4) is 0 Å². The van der Waals surface area contributed by atoms with Gasteiger partial charge in [0, 0.05) is 5.56 Å². The van der Waals surface area contributed by atoms with Gasteiger partial charge in [0.15, 0.2) is 11.5 Å². The van der Waals surface area contributed by atoms with Gasteiger partial charge in [-0.05, 0) is 37.3 Å². The van der Waals surface area contributed by atoms with Crippen LogP contribution in [0.15, 0.2) is 42.5 Å². The summed E-state index contributed by atoms with van der Waals surface area (Å²) in [6, 6.07) is 13.2. The molecule has 5 heteroatoms. The quantitative estimate of drug-likeness (QED) is 0.628. The standard InChI is InChI=1S/C17H19NO3S/c1-12-3-6-14(7-4-12)20-9-10-21-15-8-5-13(17(18)22)11-16(15)19-2/h3-8,11H,9-10H2,1-2H3,(H2,18,22). The highest BCUT2D eigenvalue weighted by Crippen LogP contribution is 2.28. The molecule has 0 radical (unpaired) electrons. The first-order valence-electron chi connectivity index (χ1n) is 6.90. The number of methoxy groups -OCH3 is 1. The van der Waals surface area contributed by atoms with Crippen LogP contribution in [0.4, 0.5) is 0 Å². The van der Waals surface area contributed by atoms with Gasteiger partial charge >= 0.3 is 0 Å². The van der Waals surface area contributed by atoms with Crippen molar-refractivity contribution in [3.63, 3.8) is 0 Å². The minimum atomic E-state index is 0.326. The van der Waals surface area contributed by atoms with Crippen LogP contribution in [-0.4, -0.2) is 25.3 Å². The Kier molecular flexibility index (Phi) is 5.61. The largest absolute Gasteiger partial charge is 0.493 e. The molecule has 0 saturated heterocycles. The molecule has 4 nitrogen and oxygen atoms in total. The van der Waals surface area contributed by atoms with E-state index in [1.165, 1.54) is 5.56 Å². The number of thiocarbonyl (C=S) groups is 1. The lowest BCUT2D eigenvalue weighted by Crippen LogP contribution is -2.11. The second kappa shape index (κ2) is 7.66. The predicted octanol–water partition coefficient (Wildman–Crippen LogP) is 3.10. The van der Waals surface area contributed by atoms with Crippen LogP contribution in [0.2, 0.25) is 0 Å². The number of rotatable bonds is 7. The average Bonchev–Trinajstić information content (AvgIpc) is 2.53. The fourth-order valence-electron chi connectivity index (χ4n) is 1.89. The third-order valence-electron chi connectivity index (χ3n) is 3.08. The predicted molar refractivity (Wildman–Crippen MR) is 91.1 cm³/mol. The minimum absolute atomic E-state index is 0.326. The van der Waals surface area contributed by atoms with Crippen molar-refractivity contribution < 1.29 is 14.2 Å². The fourth-order valence-corrected chi connectivity index (χ4v) is 2.01. The van der Waals surface area contributed by atoms with E-state index in [0.717, 1.165) is 11.3 Å². The highest BCUT2D eigenvalue weighted by molar-refractivity contribution is 7.80. The summed E-state index contributed by atoms with van der Waals surface area (Å²) in [5.41, 5.74) is 7.54. The Morgan fingerprint density at radius 1 is 1.00 bits per heavy atom. The van der Waals surface area contributed by atoms with E-state index < -0.39 is 0 Å². The molecule has 0 fully saturated rings. The van der Waals surface area contributed by atoms with Gasteiger partial charge < -0.3 is 19.9 Å². The Hall–Kier alpha value is -2.27. The number of benzene rings is 2. The molecule has 0 heterocycles. The molecule has 0 unspecified atom stereocenters. The summed E-state index contributed by atoms with van der Waals surface area (Å²) in [6.45, 7) is 2.90. The van der Waals surface area contributed by atoms with Gasteiger partial charge in [-0.25, -0.2) is 0 Å². The minimum Gasteiger partial charge on any atom is -0.493 e. The van der Waals surface area contributed by atoms with Gasteiger partial charge in [-0.1, -0.05) is 29.9 Å². The van der Waals surface area contributed by atoms with E-state index in [1.54, 1.807) is 25.3 Å². The van der Waals surface area contributed by atoms with Gasteiger partial charge in [-0.3, -0.25) is 0 Å². The molecular formula is C17H19NO3S. The maximum atomic E-state index is 5.67. The van der Waals surface area contributed by atoms with Crippen molar-refractivity contribution in [3.05, 3.63) is 53.6 Å². The molecule has 0 aromatic heterocycles. The molecule has 22 heavy (non-hydrogen) atoms. The van der Waals surface area contributed by atoms with Gasteiger partial charge in [0.2, 0.25) is 0 Å². The second-order valence-electron chi connectivity index (χ2n) is 4.74. The number of aryl methyl sites for hydroxylation is 1. The molecule has 2 aromatic carbocycles. The smallest absolute Gasteiger partial charge is 0.161 e. The molecule has 0 aliphatic carbocycles. The van der Waals surface area contributed by atoms with Crippen molar-refractivity contribution in [2.75, 3.05) is 20.3 Å². The number of ether oxygens (including phenoxy) is 3. The summed E-state index contributed by atoms with van der Waals surface area (Å²) in [6.07, 6.45) is 0. The Labute approximate surface area is 135 Å². The molecule has 0 aliphatic rings. The van der Waals surface area contributed by atoms with Crippen LogP contribution in [0.5, 0.6) is 17.2 Å². The summed E-state index contributed by atoms with van der Waals surface area (Å²) < 4.78 is 16.6. The molecule has 0 bridgehead atoms. The van der Waals surface area contributed by atoms with Gasteiger partial charge in [0.1, 0.15) is 24.0 Å². The second-order valence-corrected chi connectivity index (χ2v) is 5.18. The lowest BCUT2D eigenvalue weighted by atomic mass is 10.2. The van der Waals surface area contributed by atoms with E-state index >= 15 is 0 Å². The molecule has 0 aliphatic heterocycles. The number of hydrogen-bond donors (Lipinski definition) is 1. The van der Waals surface area contributed by atoms with E-state index in [0.29, 0.717) is 29.7 Å². The van der Waals surface area contributed by atoms with Gasteiger partial charge in [0.25, 0.3) is 0 Å². The molecule has 2 aromatic rings. The molecule has 116 valence electrons. The fraction of sp³-hybridized carbons (Fsp3) is 0.235. The molecule has 0 saturated carbocycles. The first kappa shape index (κ1) is 16.1. The summed E-state index contributed by atoms with van der Waals surface area (Å²) in [4.78, 5) is 0.326. The maximum absolute atomic E-state index is 5.67. The summed E-state index contributed by atoms with van der Waals surface area (Å²) in [5.74, 6) is 2.06. The Balaban J connectivity index is 1.88. The van der Waals surface area contributed by atoms with Crippen LogP contribution in [0.25, 0.3) is 0 Å². The van der Waals surface area contributed by atoms with Crippen molar-refractivity contribution in [3.8, 4) is 17.2 Å². The zero-order valence-electron chi connectivity index (χ0n) is 12.7. The van der Waals surface area contributed by atoms with Gasteiger partial charge in [-0.2, -0.15) is 0 Å². The molecule has 0 atom stereocenters. The van der Waals surface area contributed by atoms with Crippen LogP contribution < -0.4 is 19.9 Å². The third-order valence-corrected chi connectivity index (χ3v) is 3.31. The lowest BCUT2D eigenvalue weighted by Gasteiger charge is -2.12. The van der Waals surface area contributed by atoms with Crippen LogP contribution in [-0.2, 0) is 0 Å². The van der Waals surface area contributed by atoms with Gasteiger partial charge in [-0.15, -0.1) is 0 Å². The Bertz CT molecular complexity index is 641. The zero-order valence-corrected chi connectivity index (χ0v) is 13.5. The maximum Gasteiger partial charge on any atom is 0.161 e. The third kappa shape index (κ3) is 4.36. The van der Waals surface area contributed by atoms with Crippen molar-refractivity contribution >= 4 is 17.2 Å². The monoisotopic (exact) mass is 317 g/mol. The van der Waals surface area contributed by atoms with Crippen LogP contribution in [0.1, 0.15) is 11.1 Å². The van der Waals surface area contributed by atoms with Crippen LogP contribution >= 0.6 is 12.2 Å². The number of hydrogen-bond acceptors (Lipinski definition) is 4. The zero-order chi connectivity index (χ0) is 15.9. The summed E-state index contributed by atoms with van der Waals surface area (Å²) in [5, 5.41) is 0. The first-order valence-corrected chi connectivity index (χ1v) is 7.31. The normalized spacial score (nSPS) is 10.1. The highest BCUT2D eigenvalue weighted by atomic mass is 32.1. The molecule has 0 spiro atoms. The lowest BCUT2D eigenvalue weighted by molar-refractivity contribution is 0.211. The SMILES string of the molecule is COc1cc(C(N)=S)ccc1OCCOc1ccc(C)cc1. The summed E-state index contributed by atoms with van der Waals surface area (Å²) >= 11 is 4.94. The van der Waals surface area contributed by atoms with E-state index in [2.05, 4.69) is 0 Å². The summed E-state index contributed by atoms with van der Waals surface area (Å²) in [7, 11) is 1.58. The Morgan fingerprint density at radius 3 is 2.32 bits per heavy atom. The first-order chi connectivity index (χ1) is 10.6. The van der Waals surface area contributed by atoms with E-state index in [4.69, 9.17) is 32.2 Å². The Morgan fingerprint density at radius 2 is 1.68 bits per heavy atom. The molecule has 2 rings (SSSR count). The van der Waals surface area contributed by atoms with Gasteiger partial charge in [0.05, 0.1) is 7.11 Å². The van der Waals surface area contributed by atoms with Crippen molar-refractivity contribution in [1.82, 2.24) is 0 Å². The molecular weight excluding hydrogens is 298 g/mol. The van der Waals surface area contributed by atoms with Crippen molar-refractivity contribution in [1.29, 1.82) is 0 Å². The molecule has 0 amide bonds. The van der Waals surface area contributed by atoms with Crippen molar-refractivity contribution in [2.24, 2.45) is 5.73 Å². The van der Waals surface area contributed by atoms with E-state index in [1.807, 2.05) is 31.2 Å². The average molecular weight is 317 g/mol. The number of nitrogens with two attached hydrogens (primary N) is 1. The van der Waals surface area contributed by atoms with E-state index in [9.17, 15) is 0 Å². The highest BCUT2D eigenvalue weighted by Gasteiger charge is 2.07.